The number of hydrogen-bond donors (Lipinski definition) is 1. The normalized spacial score (nSPS) is 21.0. The molecule has 0 bridgehead atoms. The molecule has 8 heteroatoms. The number of hydrogen-bond acceptors (Lipinski definition) is 5. The van der Waals surface area contributed by atoms with Crippen molar-refractivity contribution in [3.63, 3.8) is 0 Å². The number of imide groups is 1. The van der Waals surface area contributed by atoms with E-state index in [4.69, 9.17) is 21.1 Å². The van der Waals surface area contributed by atoms with Gasteiger partial charge in [-0.3, -0.25) is 4.79 Å². The van der Waals surface area contributed by atoms with E-state index in [1.54, 1.807) is 19.1 Å². The molecule has 1 N–H and O–H groups in total. The Morgan fingerprint density at radius 3 is 2.76 bits per heavy atom. The van der Waals surface area contributed by atoms with Crippen molar-refractivity contribution in [3.05, 3.63) is 58.6 Å². The number of nitrogens with zero attached hydrogens (tertiary/aromatic N) is 2. The SMILES string of the molecule is C[C@]1(CCc2ccccc2)NC(=O)N(/N=C\c2cc(Cl)c3c(c2)OCCO3)C1=O. The second kappa shape index (κ2) is 7.75. The van der Waals surface area contributed by atoms with Crippen molar-refractivity contribution in [2.45, 2.75) is 25.3 Å². The Morgan fingerprint density at radius 2 is 1.97 bits per heavy atom. The molecule has 4 rings (SSSR count). The molecule has 2 aliphatic heterocycles. The summed E-state index contributed by atoms with van der Waals surface area (Å²) in [5.74, 6) is 0.604. The predicted octanol–water partition coefficient (Wildman–Crippen LogP) is 3.39. The Bertz CT molecular complexity index is 979. The molecule has 2 aromatic carbocycles. The molecule has 0 saturated carbocycles. The second-order valence-electron chi connectivity index (χ2n) is 7.14. The lowest BCUT2D eigenvalue weighted by Gasteiger charge is -2.20. The van der Waals surface area contributed by atoms with Crippen LogP contribution in [0.5, 0.6) is 11.5 Å². The van der Waals surface area contributed by atoms with E-state index in [-0.39, 0.29) is 0 Å². The van der Waals surface area contributed by atoms with Gasteiger partial charge in [0.1, 0.15) is 18.8 Å². The molecule has 2 heterocycles. The summed E-state index contributed by atoms with van der Waals surface area (Å²) in [5.41, 5.74) is 0.690. The van der Waals surface area contributed by atoms with Gasteiger partial charge in [0.15, 0.2) is 11.5 Å². The molecule has 0 unspecified atom stereocenters. The summed E-state index contributed by atoms with van der Waals surface area (Å²) < 4.78 is 11.0. The van der Waals surface area contributed by atoms with Gasteiger partial charge in [-0.05, 0) is 43.0 Å². The highest BCUT2D eigenvalue weighted by atomic mass is 35.5. The van der Waals surface area contributed by atoms with Crippen LogP contribution >= 0.6 is 11.6 Å². The topological polar surface area (TPSA) is 80.2 Å². The van der Waals surface area contributed by atoms with Crippen LogP contribution < -0.4 is 14.8 Å². The van der Waals surface area contributed by atoms with Crippen molar-refractivity contribution in [1.29, 1.82) is 0 Å². The first-order valence-electron chi connectivity index (χ1n) is 9.30. The summed E-state index contributed by atoms with van der Waals surface area (Å²) >= 11 is 6.22. The molecule has 2 aliphatic rings. The molecule has 3 amide bonds. The van der Waals surface area contributed by atoms with E-state index >= 15 is 0 Å². The van der Waals surface area contributed by atoms with Gasteiger partial charge in [0.2, 0.25) is 0 Å². The fourth-order valence-corrected chi connectivity index (χ4v) is 3.59. The zero-order chi connectivity index (χ0) is 20.4. The standard InChI is InChI=1S/C21H20ClN3O4/c1-21(8-7-14-5-3-2-4-6-14)19(26)25(20(27)24-21)23-13-15-11-16(22)18-17(12-15)28-9-10-29-18/h2-6,11-13H,7-10H2,1H3,(H,24,27)/b23-13-/t21-/m1/s1. The molecule has 7 nitrogen and oxygen atoms in total. The van der Waals surface area contributed by atoms with Crippen LogP contribution in [0.2, 0.25) is 5.02 Å². The molecule has 0 spiro atoms. The number of rotatable bonds is 5. The third kappa shape index (κ3) is 3.91. The second-order valence-corrected chi connectivity index (χ2v) is 7.54. The lowest BCUT2D eigenvalue weighted by molar-refractivity contribution is -0.130. The Kier molecular flexibility index (Phi) is 5.15. The minimum absolute atomic E-state index is 0.383. The Morgan fingerprint density at radius 1 is 1.21 bits per heavy atom. The average Bonchev–Trinajstić information content (AvgIpc) is 2.94. The van der Waals surface area contributed by atoms with Crippen molar-refractivity contribution < 1.29 is 19.1 Å². The number of urea groups is 1. The maximum absolute atomic E-state index is 12.8. The first kappa shape index (κ1) is 19.3. The first-order valence-corrected chi connectivity index (χ1v) is 9.68. The molecule has 1 atom stereocenters. The number of halogens is 1. The summed E-state index contributed by atoms with van der Waals surface area (Å²) in [6, 6.07) is 12.6. The van der Waals surface area contributed by atoms with Gasteiger partial charge in [-0.1, -0.05) is 41.9 Å². The minimum atomic E-state index is -1.01. The van der Waals surface area contributed by atoms with Crippen LogP contribution in [0, 0.1) is 0 Å². The fraction of sp³-hybridized carbons (Fsp3) is 0.286. The number of aryl methyl sites for hydroxylation is 1. The quantitative estimate of drug-likeness (QED) is 0.601. The number of fused-ring (bicyclic) bond motifs is 1. The number of nitrogens with one attached hydrogen (secondary N) is 1. The lowest BCUT2D eigenvalue weighted by atomic mass is 9.93. The van der Waals surface area contributed by atoms with E-state index in [0.717, 1.165) is 10.6 Å². The molecular weight excluding hydrogens is 394 g/mol. The molecular formula is C21H20ClN3O4. The maximum atomic E-state index is 12.8. The van der Waals surface area contributed by atoms with E-state index in [1.165, 1.54) is 6.21 Å². The summed E-state index contributed by atoms with van der Waals surface area (Å²) in [6.07, 6.45) is 2.55. The van der Waals surface area contributed by atoms with Crippen LogP contribution in [0.3, 0.4) is 0 Å². The molecule has 1 fully saturated rings. The van der Waals surface area contributed by atoms with Gasteiger partial charge in [-0.15, -0.1) is 5.01 Å². The molecule has 150 valence electrons. The van der Waals surface area contributed by atoms with E-state index in [0.29, 0.717) is 48.1 Å². The van der Waals surface area contributed by atoms with Crippen LogP contribution in [0.25, 0.3) is 0 Å². The number of benzene rings is 2. The van der Waals surface area contributed by atoms with E-state index in [9.17, 15) is 9.59 Å². The van der Waals surface area contributed by atoms with Crippen molar-refractivity contribution in [1.82, 2.24) is 10.3 Å². The summed E-state index contributed by atoms with van der Waals surface area (Å²) in [5, 5.41) is 8.08. The maximum Gasteiger partial charge on any atom is 0.346 e. The fourth-order valence-electron chi connectivity index (χ4n) is 3.31. The van der Waals surface area contributed by atoms with E-state index < -0.39 is 17.5 Å². The Labute approximate surface area is 173 Å². The van der Waals surface area contributed by atoms with Gasteiger partial charge < -0.3 is 14.8 Å². The van der Waals surface area contributed by atoms with Crippen LogP contribution in [-0.4, -0.2) is 41.9 Å². The smallest absolute Gasteiger partial charge is 0.346 e. The zero-order valence-corrected chi connectivity index (χ0v) is 16.6. The van der Waals surface area contributed by atoms with Gasteiger partial charge in [0, 0.05) is 0 Å². The Hall–Kier alpha value is -3.06. The lowest BCUT2D eigenvalue weighted by Crippen LogP contribution is -2.44. The largest absolute Gasteiger partial charge is 0.486 e. The number of carbonyl (C=O) groups excluding carboxylic acids is 2. The number of ether oxygens (including phenoxy) is 2. The number of amides is 3. The molecule has 0 aromatic heterocycles. The van der Waals surface area contributed by atoms with Crippen LogP contribution in [0.1, 0.15) is 24.5 Å². The molecule has 2 aromatic rings. The molecule has 0 aliphatic carbocycles. The Balaban J connectivity index is 1.48. The predicted molar refractivity (Wildman–Crippen MR) is 109 cm³/mol. The van der Waals surface area contributed by atoms with Crippen molar-refractivity contribution in [2.24, 2.45) is 5.10 Å². The average molecular weight is 414 g/mol. The van der Waals surface area contributed by atoms with Crippen LogP contribution in [0.15, 0.2) is 47.6 Å². The zero-order valence-electron chi connectivity index (χ0n) is 15.9. The monoisotopic (exact) mass is 413 g/mol. The van der Waals surface area contributed by atoms with E-state index in [2.05, 4.69) is 10.4 Å². The highest BCUT2D eigenvalue weighted by molar-refractivity contribution is 6.32. The third-order valence-corrected chi connectivity index (χ3v) is 5.22. The summed E-state index contributed by atoms with van der Waals surface area (Å²) in [7, 11) is 0. The van der Waals surface area contributed by atoms with Crippen molar-refractivity contribution in [3.8, 4) is 11.5 Å². The third-order valence-electron chi connectivity index (χ3n) is 4.94. The number of carbonyl (C=O) groups is 2. The van der Waals surface area contributed by atoms with Crippen molar-refractivity contribution >= 4 is 29.8 Å². The highest BCUT2D eigenvalue weighted by Gasteiger charge is 2.47. The minimum Gasteiger partial charge on any atom is -0.486 e. The van der Waals surface area contributed by atoms with Crippen LogP contribution in [-0.2, 0) is 11.2 Å². The van der Waals surface area contributed by atoms with Gasteiger partial charge >= 0.3 is 6.03 Å². The molecule has 29 heavy (non-hydrogen) atoms. The van der Waals surface area contributed by atoms with Gasteiger partial charge in [0.05, 0.1) is 11.2 Å². The van der Waals surface area contributed by atoms with Crippen molar-refractivity contribution in [2.75, 3.05) is 13.2 Å². The molecule has 1 saturated heterocycles. The van der Waals surface area contributed by atoms with Gasteiger partial charge in [-0.25, -0.2) is 4.79 Å². The first-order chi connectivity index (χ1) is 14.0. The highest BCUT2D eigenvalue weighted by Crippen LogP contribution is 2.38. The summed E-state index contributed by atoms with van der Waals surface area (Å²) in [4.78, 5) is 25.2. The number of hydrazone groups is 1. The van der Waals surface area contributed by atoms with E-state index in [1.807, 2.05) is 30.3 Å². The summed E-state index contributed by atoms with van der Waals surface area (Å²) in [6.45, 7) is 2.58. The van der Waals surface area contributed by atoms with Crippen LogP contribution in [0.4, 0.5) is 4.79 Å². The van der Waals surface area contributed by atoms with Gasteiger partial charge in [-0.2, -0.15) is 5.10 Å². The van der Waals surface area contributed by atoms with Gasteiger partial charge in [0.25, 0.3) is 5.91 Å². The molecule has 0 radical (unpaired) electrons.